The summed E-state index contributed by atoms with van der Waals surface area (Å²) in [6.07, 6.45) is 6.56. The highest BCUT2D eigenvalue weighted by molar-refractivity contribution is 7.98. The van der Waals surface area contributed by atoms with E-state index >= 15 is 0 Å². The van der Waals surface area contributed by atoms with Crippen LogP contribution < -0.4 is 5.32 Å². The van der Waals surface area contributed by atoms with E-state index in [4.69, 9.17) is 4.52 Å². The lowest BCUT2D eigenvalue weighted by atomic mass is 9.94. The number of thioether (sulfide) groups is 1. The summed E-state index contributed by atoms with van der Waals surface area (Å²) in [4.78, 5) is 16.1. The Morgan fingerprint density at radius 2 is 2.12 bits per heavy atom. The number of nitrogens with zero attached hydrogens (tertiary/aromatic N) is 2. The van der Waals surface area contributed by atoms with Gasteiger partial charge in [-0.15, -0.1) is 11.8 Å². The molecular weight excluding hydrogens is 346 g/mol. The fourth-order valence-electron chi connectivity index (χ4n) is 3.90. The molecule has 0 saturated heterocycles. The molecule has 4 rings (SSSR count). The summed E-state index contributed by atoms with van der Waals surface area (Å²) >= 11 is 1.73. The first kappa shape index (κ1) is 17.6. The van der Waals surface area contributed by atoms with Gasteiger partial charge in [0.2, 0.25) is 0 Å². The van der Waals surface area contributed by atoms with E-state index < -0.39 is 0 Å². The number of hydrogen-bond acceptors (Lipinski definition) is 5. The van der Waals surface area contributed by atoms with Crippen LogP contribution in [0.1, 0.15) is 48.2 Å². The molecule has 1 aromatic heterocycles. The standard InChI is InChI=1S/C20H25N3O2S/c1-23(14-7-3-2-4-8-14)12-11-21-20(24)18-16-13-26-17-10-6-5-9-15(17)19(16)25-22-18/h5-6,9-10,14H,2-4,7-8,11-13H2,1H3,(H,21,24). The molecule has 1 aliphatic heterocycles. The summed E-state index contributed by atoms with van der Waals surface area (Å²) in [7, 11) is 2.16. The maximum Gasteiger partial charge on any atom is 0.273 e. The average molecular weight is 372 g/mol. The third-order valence-electron chi connectivity index (χ3n) is 5.46. The highest BCUT2D eigenvalue weighted by Gasteiger charge is 2.27. The number of carbonyl (C=O) groups is 1. The molecule has 0 bridgehead atoms. The Labute approximate surface area is 158 Å². The Kier molecular flexibility index (Phi) is 5.31. The number of benzene rings is 1. The van der Waals surface area contributed by atoms with Gasteiger partial charge in [-0.3, -0.25) is 4.79 Å². The maximum absolute atomic E-state index is 12.6. The van der Waals surface area contributed by atoms with Crippen LogP contribution in [-0.2, 0) is 5.75 Å². The molecule has 1 saturated carbocycles. The van der Waals surface area contributed by atoms with Crippen molar-refractivity contribution in [2.24, 2.45) is 0 Å². The Bertz CT molecular complexity index is 783. The first-order valence-corrected chi connectivity index (χ1v) is 10.4. The number of fused-ring (bicyclic) bond motifs is 3. The van der Waals surface area contributed by atoms with Gasteiger partial charge in [-0.05, 0) is 32.0 Å². The number of aromatic nitrogens is 1. The van der Waals surface area contributed by atoms with E-state index in [0.717, 1.165) is 29.2 Å². The van der Waals surface area contributed by atoms with Crippen LogP contribution in [0.2, 0.25) is 0 Å². The van der Waals surface area contributed by atoms with Crippen LogP contribution in [0.25, 0.3) is 11.3 Å². The van der Waals surface area contributed by atoms with Crippen LogP contribution in [0.15, 0.2) is 33.7 Å². The van der Waals surface area contributed by atoms with Gasteiger partial charge in [0, 0.05) is 40.9 Å². The second-order valence-corrected chi connectivity index (χ2v) is 8.17. The minimum Gasteiger partial charge on any atom is -0.355 e. The molecule has 1 amide bonds. The van der Waals surface area contributed by atoms with Gasteiger partial charge in [0.05, 0.1) is 0 Å². The SMILES string of the molecule is CN(CCNC(=O)c1noc2c1CSc1ccccc1-2)C1CCCCC1. The van der Waals surface area contributed by atoms with Gasteiger partial charge in [0.15, 0.2) is 11.5 Å². The Morgan fingerprint density at radius 1 is 1.31 bits per heavy atom. The largest absolute Gasteiger partial charge is 0.355 e. The molecule has 0 spiro atoms. The van der Waals surface area contributed by atoms with Crippen LogP contribution in [0.4, 0.5) is 0 Å². The molecule has 2 aliphatic rings. The molecule has 0 radical (unpaired) electrons. The van der Waals surface area contributed by atoms with Crippen LogP contribution >= 0.6 is 11.8 Å². The van der Waals surface area contributed by atoms with Crippen molar-refractivity contribution >= 4 is 17.7 Å². The van der Waals surface area contributed by atoms with Crippen molar-refractivity contribution in [2.75, 3.05) is 20.1 Å². The number of rotatable bonds is 5. The third kappa shape index (κ3) is 3.53. The topological polar surface area (TPSA) is 58.4 Å². The van der Waals surface area contributed by atoms with Crippen LogP contribution in [-0.4, -0.2) is 42.1 Å². The van der Waals surface area contributed by atoms with Crippen molar-refractivity contribution in [3.8, 4) is 11.3 Å². The zero-order chi connectivity index (χ0) is 17.9. The lowest BCUT2D eigenvalue weighted by Gasteiger charge is -2.31. The molecule has 6 heteroatoms. The molecule has 2 aromatic rings. The number of amides is 1. The van der Waals surface area contributed by atoms with Gasteiger partial charge < -0.3 is 14.7 Å². The number of nitrogens with one attached hydrogen (secondary N) is 1. The molecule has 1 aliphatic carbocycles. The van der Waals surface area contributed by atoms with Gasteiger partial charge in [-0.1, -0.05) is 36.6 Å². The fourth-order valence-corrected chi connectivity index (χ4v) is 4.96. The molecule has 1 N–H and O–H groups in total. The van der Waals surface area contributed by atoms with E-state index in [2.05, 4.69) is 28.5 Å². The van der Waals surface area contributed by atoms with Crippen molar-refractivity contribution in [3.05, 3.63) is 35.5 Å². The van der Waals surface area contributed by atoms with Crippen molar-refractivity contribution in [2.45, 2.75) is 48.8 Å². The summed E-state index contributed by atoms with van der Waals surface area (Å²) in [6, 6.07) is 8.76. The minimum atomic E-state index is -0.132. The Morgan fingerprint density at radius 3 is 2.96 bits per heavy atom. The van der Waals surface area contributed by atoms with Gasteiger partial charge in [0.25, 0.3) is 5.91 Å². The monoisotopic (exact) mass is 371 g/mol. The molecule has 1 fully saturated rings. The Hall–Kier alpha value is -1.79. The van der Waals surface area contributed by atoms with E-state index in [1.807, 2.05) is 18.2 Å². The summed E-state index contributed by atoms with van der Waals surface area (Å²) in [5.74, 6) is 1.33. The van der Waals surface area contributed by atoms with Gasteiger partial charge in [-0.2, -0.15) is 0 Å². The number of carbonyl (C=O) groups excluding carboxylic acids is 1. The quantitative estimate of drug-likeness (QED) is 0.863. The number of hydrogen-bond donors (Lipinski definition) is 1. The zero-order valence-electron chi connectivity index (χ0n) is 15.2. The lowest BCUT2D eigenvalue weighted by Crippen LogP contribution is -2.39. The Balaban J connectivity index is 1.37. The van der Waals surface area contributed by atoms with Crippen molar-refractivity contribution < 1.29 is 9.32 Å². The molecule has 138 valence electrons. The van der Waals surface area contributed by atoms with Gasteiger partial charge in [-0.25, -0.2) is 0 Å². The first-order chi connectivity index (χ1) is 12.7. The first-order valence-electron chi connectivity index (χ1n) is 9.43. The van der Waals surface area contributed by atoms with E-state index in [-0.39, 0.29) is 5.91 Å². The average Bonchev–Trinajstić information content (AvgIpc) is 3.13. The van der Waals surface area contributed by atoms with Crippen LogP contribution in [0.3, 0.4) is 0 Å². The van der Waals surface area contributed by atoms with Crippen molar-refractivity contribution in [1.82, 2.24) is 15.4 Å². The van der Waals surface area contributed by atoms with Crippen molar-refractivity contribution in [3.63, 3.8) is 0 Å². The third-order valence-corrected chi connectivity index (χ3v) is 6.56. The van der Waals surface area contributed by atoms with E-state index in [1.165, 1.54) is 37.0 Å². The summed E-state index contributed by atoms with van der Waals surface area (Å²) in [5.41, 5.74) is 2.37. The maximum atomic E-state index is 12.6. The zero-order valence-corrected chi connectivity index (χ0v) is 16.0. The molecule has 0 unspecified atom stereocenters. The van der Waals surface area contributed by atoms with Crippen LogP contribution in [0.5, 0.6) is 0 Å². The molecule has 2 heterocycles. The van der Waals surface area contributed by atoms with Gasteiger partial charge in [0.1, 0.15) is 0 Å². The van der Waals surface area contributed by atoms with Gasteiger partial charge >= 0.3 is 0 Å². The molecule has 26 heavy (non-hydrogen) atoms. The smallest absolute Gasteiger partial charge is 0.273 e. The molecule has 1 aromatic carbocycles. The second kappa shape index (κ2) is 7.84. The van der Waals surface area contributed by atoms with Crippen molar-refractivity contribution in [1.29, 1.82) is 0 Å². The highest BCUT2D eigenvalue weighted by atomic mass is 32.2. The molecule has 0 atom stereocenters. The summed E-state index contributed by atoms with van der Waals surface area (Å²) in [6.45, 7) is 1.51. The normalized spacial score (nSPS) is 17.0. The van der Waals surface area contributed by atoms with E-state index in [0.29, 0.717) is 18.3 Å². The highest BCUT2D eigenvalue weighted by Crippen LogP contribution is 2.42. The number of likely N-dealkylation sites (N-methyl/N-ethyl adjacent to an activating group) is 1. The lowest BCUT2D eigenvalue weighted by molar-refractivity contribution is 0.0935. The summed E-state index contributed by atoms with van der Waals surface area (Å²) < 4.78 is 5.52. The molecule has 5 nitrogen and oxygen atoms in total. The summed E-state index contributed by atoms with van der Waals surface area (Å²) in [5, 5.41) is 7.09. The molecular formula is C20H25N3O2S. The van der Waals surface area contributed by atoms with Crippen LogP contribution in [0, 0.1) is 0 Å². The van der Waals surface area contributed by atoms with E-state index in [9.17, 15) is 4.79 Å². The minimum absolute atomic E-state index is 0.132. The predicted molar refractivity (Wildman–Crippen MR) is 103 cm³/mol. The second-order valence-electron chi connectivity index (χ2n) is 7.15. The fraction of sp³-hybridized carbons (Fsp3) is 0.500. The predicted octanol–water partition coefficient (Wildman–Crippen LogP) is 3.94. The van der Waals surface area contributed by atoms with E-state index in [1.54, 1.807) is 11.8 Å².